The summed E-state index contributed by atoms with van der Waals surface area (Å²) >= 11 is 5.23. The Morgan fingerprint density at radius 1 is 0.963 bits per heavy atom. The Morgan fingerprint density at radius 3 is 2.52 bits per heavy atom. The number of rotatable bonds is 5. The summed E-state index contributed by atoms with van der Waals surface area (Å²) in [5.74, 6) is 0.312. The Hall–Kier alpha value is -3.18. The first-order chi connectivity index (χ1) is 13.1. The van der Waals surface area contributed by atoms with Crippen molar-refractivity contribution in [2.24, 2.45) is 0 Å². The van der Waals surface area contributed by atoms with Gasteiger partial charge in [-0.3, -0.25) is 4.79 Å². The van der Waals surface area contributed by atoms with Gasteiger partial charge >= 0.3 is 0 Å². The van der Waals surface area contributed by atoms with Gasteiger partial charge < -0.3 is 15.4 Å². The number of hydrogen-bond acceptors (Lipinski definition) is 3. The summed E-state index contributed by atoms with van der Waals surface area (Å²) in [6.07, 6.45) is 0. The molecule has 1 amide bonds. The lowest BCUT2D eigenvalue weighted by Gasteiger charge is -2.11. The number of carbonyl (C=O) groups is 1. The minimum atomic E-state index is -0.200. The summed E-state index contributed by atoms with van der Waals surface area (Å²) in [7, 11) is 0. The van der Waals surface area contributed by atoms with Crippen LogP contribution < -0.4 is 15.4 Å². The maximum Gasteiger partial charge on any atom is 0.262 e. The van der Waals surface area contributed by atoms with E-state index in [2.05, 4.69) is 10.6 Å². The first-order valence-electron chi connectivity index (χ1n) is 8.58. The van der Waals surface area contributed by atoms with Crippen molar-refractivity contribution in [3.8, 4) is 5.75 Å². The highest BCUT2D eigenvalue weighted by Gasteiger charge is 2.09. The van der Waals surface area contributed by atoms with Crippen LogP contribution >= 0.6 is 12.2 Å². The Morgan fingerprint density at radius 2 is 1.74 bits per heavy atom. The molecule has 0 fully saturated rings. The average molecular weight is 376 g/mol. The maximum atomic E-state index is 12.5. The Bertz CT molecular complexity index is 942. The van der Waals surface area contributed by atoms with Crippen molar-refractivity contribution in [2.45, 2.75) is 13.5 Å². The third-order valence-electron chi connectivity index (χ3n) is 3.86. The lowest BCUT2D eigenvalue weighted by molar-refractivity contribution is 0.102. The summed E-state index contributed by atoms with van der Waals surface area (Å²) in [5, 5.41) is 6.19. The Kier molecular flexibility index (Phi) is 6.18. The fourth-order valence-corrected chi connectivity index (χ4v) is 2.71. The first kappa shape index (κ1) is 18.6. The van der Waals surface area contributed by atoms with Crippen LogP contribution in [-0.2, 0) is 6.54 Å². The highest BCUT2D eigenvalue weighted by molar-refractivity contribution is 7.80. The predicted octanol–water partition coefficient (Wildman–Crippen LogP) is 4.70. The molecule has 3 aromatic rings. The molecule has 0 bridgehead atoms. The van der Waals surface area contributed by atoms with Gasteiger partial charge in [0.2, 0.25) is 0 Å². The topological polar surface area (TPSA) is 50.4 Å². The fourth-order valence-electron chi connectivity index (χ4n) is 2.54. The second kappa shape index (κ2) is 8.96. The number of hydrogen-bond donors (Lipinski definition) is 2. The predicted molar refractivity (Wildman–Crippen MR) is 112 cm³/mol. The van der Waals surface area contributed by atoms with Crippen LogP contribution in [0.5, 0.6) is 5.75 Å². The molecule has 0 aliphatic carbocycles. The van der Waals surface area contributed by atoms with Gasteiger partial charge in [-0.05, 0) is 60.6 Å². The highest BCUT2D eigenvalue weighted by Crippen LogP contribution is 2.16. The number of benzene rings is 3. The van der Waals surface area contributed by atoms with Crippen molar-refractivity contribution >= 4 is 29.0 Å². The average Bonchev–Trinajstić information content (AvgIpc) is 2.67. The molecule has 136 valence electrons. The van der Waals surface area contributed by atoms with E-state index in [9.17, 15) is 4.79 Å². The van der Waals surface area contributed by atoms with Crippen LogP contribution in [0, 0.1) is 6.92 Å². The lowest BCUT2D eigenvalue weighted by Crippen LogP contribution is -2.26. The summed E-state index contributed by atoms with van der Waals surface area (Å²) in [6.45, 7) is 2.56. The summed E-state index contributed by atoms with van der Waals surface area (Å²) < 4.78 is 5.64. The second-order valence-corrected chi connectivity index (χ2v) is 6.45. The van der Waals surface area contributed by atoms with Crippen LogP contribution in [0.2, 0.25) is 0 Å². The Labute approximate surface area is 164 Å². The van der Waals surface area contributed by atoms with E-state index in [1.807, 2.05) is 61.5 Å². The van der Waals surface area contributed by atoms with E-state index in [4.69, 9.17) is 17.0 Å². The van der Waals surface area contributed by atoms with E-state index in [-0.39, 0.29) is 11.1 Å². The van der Waals surface area contributed by atoms with Crippen molar-refractivity contribution in [3.63, 3.8) is 0 Å². The molecule has 0 unspecified atom stereocenters. The Balaban J connectivity index is 1.59. The molecule has 0 aliphatic heterocycles. The minimum Gasteiger partial charge on any atom is -0.432 e. The number of ether oxygens (including phenoxy) is 1. The van der Waals surface area contributed by atoms with E-state index in [1.165, 1.54) is 0 Å². The molecule has 0 radical (unpaired) electrons. The van der Waals surface area contributed by atoms with Gasteiger partial charge in [-0.15, -0.1) is 0 Å². The van der Waals surface area contributed by atoms with Gasteiger partial charge in [0.15, 0.2) is 0 Å². The van der Waals surface area contributed by atoms with Gasteiger partial charge in [0.05, 0.1) is 0 Å². The van der Waals surface area contributed by atoms with Gasteiger partial charge in [-0.25, -0.2) is 0 Å². The molecule has 0 saturated carbocycles. The molecule has 0 atom stereocenters. The van der Waals surface area contributed by atoms with Gasteiger partial charge in [0.1, 0.15) is 5.75 Å². The van der Waals surface area contributed by atoms with E-state index < -0.39 is 0 Å². The van der Waals surface area contributed by atoms with Crippen molar-refractivity contribution in [3.05, 3.63) is 95.6 Å². The van der Waals surface area contributed by atoms with Gasteiger partial charge in [-0.2, -0.15) is 0 Å². The van der Waals surface area contributed by atoms with E-state index in [1.54, 1.807) is 24.3 Å². The van der Waals surface area contributed by atoms with E-state index >= 15 is 0 Å². The van der Waals surface area contributed by atoms with Gasteiger partial charge in [-0.1, -0.05) is 48.5 Å². The number of thiocarbonyl (C=S) groups is 1. The molecule has 0 saturated heterocycles. The zero-order valence-electron chi connectivity index (χ0n) is 14.9. The second-order valence-electron chi connectivity index (χ2n) is 6.08. The third-order valence-corrected chi connectivity index (χ3v) is 4.09. The lowest BCUT2D eigenvalue weighted by atomic mass is 10.2. The van der Waals surface area contributed by atoms with Gasteiger partial charge in [0.25, 0.3) is 11.1 Å². The fraction of sp³-hybridized carbons (Fsp3) is 0.0909. The van der Waals surface area contributed by atoms with Crippen molar-refractivity contribution in [1.82, 2.24) is 5.32 Å². The summed E-state index contributed by atoms with van der Waals surface area (Å²) in [5.41, 5.74) is 3.45. The molecule has 2 N–H and O–H groups in total. The van der Waals surface area contributed by atoms with Crippen LogP contribution in [-0.4, -0.2) is 11.1 Å². The number of anilines is 1. The van der Waals surface area contributed by atoms with Crippen molar-refractivity contribution in [1.29, 1.82) is 0 Å². The number of amides is 1. The number of carbonyl (C=O) groups excluding carboxylic acids is 1. The minimum absolute atomic E-state index is 0.200. The maximum absolute atomic E-state index is 12.5. The molecule has 5 heteroatoms. The molecule has 0 spiro atoms. The highest BCUT2D eigenvalue weighted by atomic mass is 32.1. The van der Waals surface area contributed by atoms with Crippen LogP contribution in [0.3, 0.4) is 0 Å². The first-order valence-corrected chi connectivity index (χ1v) is 8.99. The smallest absolute Gasteiger partial charge is 0.262 e. The molecular formula is C22H20N2O2S. The van der Waals surface area contributed by atoms with Crippen LogP contribution in [0.25, 0.3) is 0 Å². The number of nitrogens with one attached hydrogen (secondary N) is 2. The molecular weight excluding hydrogens is 356 g/mol. The van der Waals surface area contributed by atoms with Crippen LogP contribution in [0.4, 0.5) is 5.69 Å². The van der Waals surface area contributed by atoms with Crippen molar-refractivity contribution in [2.75, 3.05) is 5.32 Å². The normalized spacial score (nSPS) is 10.1. The monoisotopic (exact) mass is 376 g/mol. The standard InChI is InChI=1S/C22H20N2O2S/c1-16-7-5-11-19(13-16)24-21(25)18-10-6-12-20(14-18)26-22(27)23-15-17-8-3-2-4-9-17/h2-14H,15H2,1H3,(H,23,27)(H,24,25). The molecule has 27 heavy (non-hydrogen) atoms. The molecule has 4 nitrogen and oxygen atoms in total. The molecule has 0 aliphatic rings. The molecule has 3 rings (SSSR count). The summed E-state index contributed by atoms with van der Waals surface area (Å²) in [6, 6.07) is 24.5. The zero-order chi connectivity index (χ0) is 19.1. The third kappa shape index (κ3) is 5.66. The summed E-state index contributed by atoms with van der Waals surface area (Å²) in [4.78, 5) is 12.5. The quantitative estimate of drug-likeness (QED) is 0.634. The van der Waals surface area contributed by atoms with E-state index in [0.29, 0.717) is 17.9 Å². The SMILES string of the molecule is Cc1cccc(NC(=O)c2cccc(OC(=S)NCc3ccccc3)c2)c1. The largest absolute Gasteiger partial charge is 0.432 e. The van der Waals surface area contributed by atoms with E-state index in [0.717, 1.165) is 16.8 Å². The van der Waals surface area contributed by atoms with Gasteiger partial charge in [0, 0.05) is 17.8 Å². The molecule has 3 aromatic carbocycles. The van der Waals surface area contributed by atoms with Crippen LogP contribution in [0.15, 0.2) is 78.9 Å². The number of aryl methyl sites for hydroxylation is 1. The van der Waals surface area contributed by atoms with Crippen LogP contribution in [0.1, 0.15) is 21.5 Å². The zero-order valence-corrected chi connectivity index (χ0v) is 15.8. The molecule has 0 heterocycles. The van der Waals surface area contributed by atoms with Crippen molar-refractivity contribution < 1.29 is 9.53 Å². The molecule has 0 aromatic heterocycles.